The molecule has 0 spiro atoms. The third-order valence-electron chi connectivity index (χ3n) is 6.07. The standard InChI is InChI=1S/C27H33ClN2O4/c1-4-17-34-22-10-7-9-20(18-22)24-23(25(31)19-11-13-21(28)14-12-19)26(32)27(33)30(24)16-8-15-29(5-2)6-3/h7,9-14,18,24,31H,4-6,8,15-17H2,1-3H3/b25-23-. The predicted molar refractivity (Wildman–Crippen MR) is 135 cm³/mol. The first-order valence-electron chi connectivity index (χ1n) is 11.9. The van der Waals surface area contributed by atoms with Gasteiger partial charge in [-0.25, -0.2) is 0 Å². The largest absolute Gasteiger partial charge is 0.507 e. The minimum absolute atomic E-state index is 0.0859. The fourth-order valence-corrected chi connectivity index (χ4v) is 4.35. The maximum absolute atomic E-state index is 13.2. The molecular formula is C27H33ClN2O4. The lowest BCUT2D eigenvalue weighted by atomic mass is 9.95. The Kier molecular flexibility index (Phi) is 9.13. The lowest BCUT2D eigenvalue weighted by Gasteiger charge is -2.27. The smallest absolute Gasteiger partial charge is 0.295 e. The van der Waals surface area contributed by atoms with Gasteiger partial charge in [0.05, 0.1) is 18.2 Å². The summed E-state index contributed by atoms with van der Waals surface area (Å²) in [6, 6.07) is 13.3. The van der Waals surface area contributed by atoms with E-state index in [1.165, 1.54) is 0 Å². The number of aliphatic hydroxyl groups is 1. The van der Waals surface area contributed by atoms with Gasteiger partial charge in [-0.05, 0) is 74.4 Å². The molecule has 1 fully saturated rings. The molecule has 1 amide bonds. The van der Waals surface area contributed by atoms with E-state index < -0.39 is 17.7 Å². The molecule has 0 radical (unpaired) electrons. The van der Waals surface area contributed by atoms with Crippen LogP contribution in [0.25, 0.3) is 5.76 Å². The number of aliphatic hydroxyl groups excluding tert-OH is 1. The molecular weight excluding hydrogens is 452 g/mol. The Balaban J connectivity index is 2.03. The Labute approximate surface area is 206 Å². The molecule has 0 saturated carbocycles. The van der Waals surface area contributed by atoms with E-state index >= 15 is 0 Å². The molecule has 0 bridgehead atoms. The summed E-state index contributed by atoms with van der Waals surface area (Å²) in [7, 11) is 0. The number of nitrogens with zero attached hydrogens (tertiary/aromatic N) is 2. The lowest BCUT2D eigenvalue weighted by molar-refractivity contribution is -0.140. The summed E-state index contributed by atoms with van der Waals surface area (Å²) >= 11 is 6.00. The number of hydrogen-bond donors (Lipinski definition) is 1. The molecule has 2 aromatic rings. The molecule has 1 unspecified atom stereocenters. The number of amides is 1. The van der Waals surface area contributed by atoms with E-state index in [9.17, 15) is 14.7 Å². The van der Waals surface area contributed by atoms with E-state index in [-0.39, 0.29) is 11.3 Å². The quantitative estimate of drug-likeness (QED) is 0.267. The van der Waals surface area contributed by atoms with Gasteiger partial charge in [0.2, 0.25) is 0 Å². The maximum Gasteiger partial charge on any atom is 0.295 e. The highest BCUT2D eigenvalue weighted by molar-refractivity contribution is 6.46. The van der Waals surface area contributed by atoms with Crippen molar-refractivity contribution in [2.24, 2.45) is 0 Å². The Bertz CT molecular complexity index is 1030. The van der Waals surface area contributed by atoms with Crippen molar-refractivity contribution in [3.8, 4) is 5.75 Å². The molecule has 1 saturated heterocycles. The van der Waals surface area contributed by atoms with Gasteiger partial charge in [-0.3, -0.25) is 9.59 Å². The normalized spacial score (nSPS) is 17.6. The number of hydrogen-bond acceptors (Lipinski definition) is 5. The van der Waals surface area contributed by atoms with Crippen molar-refractivity contribution in [1.82, 2.24) is 9.80 Å². The van der Waals surface area contributed by atoms with Crippen molar-refractivity contribution in [2.75, 3.05) is 32.8 Å². The van der Waals surface area contributed by atoms with E-state index in [1.54, 1.807) is 29.2 Å². The minimum Gasteiger partial charge on any atom is -0.507 e. The van der Waals surface area contributed by atoms with Crippen molar-refractivity contribution >= 4 is 29.1 Å². The number of rotatable bonds is 11. The zero-order chi connectivity index (χ0) is 24.7. The van der Waals surface area contributed by atoms with Gasteiger partial charge in [-0.2, -0.15) is 0 Å². The van der Waals surface area contributed by atoms with Crippen molar-refractivity contribution in [3.05, 3.63) is 70.3 Å². The molecule has 34 heavy (non-hydrogen) atoms. The van der Waals surface area contributed by atoms with Crippen LogP contribution in [-0.4, -0.2) is 59.4 Å². The Morgan fingerprint density at radius 3 is 2.44 bits per heavy atom. The van der Waals surface area contributed by atoms with Gasteiger partial charge in [-0.15, -0.1) is 0 Å². The van der Waals surface area contributed by atoms with Gasteiger partial charge in [-0.1, -0.05) is 44.5 Å². The van der Waals surface area contributed by atoms with E-state index in [0.29, 0.717) is 29.5 Å². The SMILES string of the molecule is CCCOc1cccc(C2/C(=C(/O)c3ccc(Cl)cc3)C(=O)C(=O)N2CCCN(CC)CC)c1. The number of carbonyl (C=O) groups is 2. The summed E-state index contributed by atoms with van der Waals surface area (Å²) in [6.45, 7) is 9.87. The van der Waals surface area contributed by atoms with Crippen LogP contribution in [0.3, 0.4) is 0 Å². The van der Waals surface area contributed by atoms with Gasteiger partial charge in [0.25, 0.3) is 11.7 Å². The number of ketones is 1. The summed E-state index contributed by atoms with van der Waals surface area (Å²) in [5.41, 5.74) is 1.25. The zero-order valence-corrected chi connectivity index (χ0v) is 20.8. The molecule has 0 aromatic heterocycles. The van der Waals surface area contributed by atoms with Crippen LogP contribution in [0.5, 0.6) is 5.75 Å². The molecule has 6 nitrogen and oxygen atoms in total. The van der Waals surface area contributed by atoms with Crippen molar-refractivity contribution in [2.45, 2.75) is 39.7 Å². The summed E-state index contributed by atoms with van der Waals surface area (Å²) < 4.78 is 5.79. The number of Topliss-reactive ketones (excluding diaryl/α,β-unsaturated/α-hetero) is 1. The average Bonchev–Trinajstić information content (AvgIpc) is 3.10. The first-order valence-corrected chi connectivity index (χ1v) is 12.3. The summed E-state index contributed by atoms with van der Waals surface area (Å²) in [5.74, 6) is -0.814. The highest BCUT2D eigenvalue weighted by atomic mass is 35.5. The number of halogens is 1. The van der Waals surface area contributed by atoms with Gasteiger partial charge < -0.3 is 19.6 Å². The van der Waals surface area contributed by atoms with Crippen LogP contribution in [0, 0.1) is 0 Å². The number of benzene rings is 2. The molecule has 182 valence electrons. The van der Waals surface area contributed by atoms with E-state index in [1.807, 2.05) is 31.2 Å². The number of ether oxygens (including phenoxy) is 1. The minimum atomic E-state index is -0.697. The summed E-state index contributed by atoms with van der Waals surface area (Å²) in [4.78, 5) is 30.1. The van der Waals surface area contributed by atoms with E-state index in [4.69, 9.17) is 16.3 Å². The molecule has 2 aromatic carbocycles. The van der Waals surface area contributed by atoms with Crippen LogP contribution in [0.2, 0.25) is 5.02 Å². The average molecular weight is 485 g/mol. The van der Waals surface area contributed by atoms with Crippen LogP contribution in [0.4, 0.5) is 0 Å². The van der Waals surface area contributed by atoms with Gasteiger partial charge in [0.15, 0.2) is 0 Å². The lowest BCUT2D eigenvalue weighted by Crippen LogP contribution is -2.33. The molecule has 1 heterocycles. The molecule has 0 aliphatic carbocycles. The topological polar surface area (TPSA) is 70.1 Å². The fourth-order valence-electron chi connectivity index (χ4n) is 4.22. The van der Waals surface area contributed by atoms with E-state index in [2.05, 4.69) is 18.7 Å². The third-order valence-corrected chi connectivity index (χ3v) is 6.32. The Morgan fingerprint density at radius 2 is 1.79 bits per heavy atom. The highest BCUT2D eigenvalue weighted by Gasteiger charge is 2.45. The van der Waals surface area contributed by atoms with Crippen molar-refractivity contribution < 1.29 is 19.4 Å². The van der Waals surface area contributed by atoms with Crippen LogP contribution in [0.15, 0.2) is 54.1 Å². The second-order valence-corrected chi connectivity index (χ2v) is 8.74. The second-order valence-electron chi connectivity index (χ2n) is 8.30. The van der Waals surface area contributed by atoms with Crippen molar-refractivity contribution in [1.29, 1.82) is 0 Å². The fraction of sp³-hybridized carbons (Fsp3) is 0.407. The maximum atomic E-state index is 13.2. The predicted octanol–water partition coefficient (Wildman–Crippen LogP) is 5.28. The van der Waals surface area contributed by atoms with E-state index in [0.717, 1.165) is 38.0 Å². The van der Waals surface area contributed by atoms with Gasteiger partial charge in [0, 0.05) is 17.1 Å². The Hall–Kier alpha value is -2.83. The number of likely N-dealkylation sites (tertiary alicyclic amines) is 1. The van der Waals surface area contributed by atoms with Crippen LogP contribution >= 0.6 is 11.6 Å². The van der Waals surface area contributed by atoms with Crippen molar-refractivity contribution in [3.63, 3.8) is 0 Å². The van der Waals surface area contributed by atoms with Crippen LogP contribution in [-0.2, 0) is 9.59 Å². The zero-order valence-electron chi connectivity index (χ0n) is 20.1. The first kappa shape index (κ1) is 25.8. The molecule has 1 aliphatic rings. The highest BCUT2D eigenvalue weighted by Crippen LogP contribution is 2.40. The first-order chi connectivity index (χ1) is 16.4. The summed E-state index contributed by atoms with van der Waals surface area (Å²) in [5, 5.41) is 11.7. The second kappa shape index (κ2) is 12.0. The van der Waals surface area contributed by atoms with Gasteiger partial charge in [0.1, 0.15) is 11.5 Å². The molecule has 1 N–H and O–H groups in total. The molecule has 1 atom stereocenters. The van der Waals surface area contributed by atoms with Gasteiger partial charge >= 0.3 is 0 Å². The summed E-state index contributed by atoms with van der Waals surface area (Å²) in [6.07, 6.45) is 1.59. The molecule has 1 aliphatic heterocycles. The third kappa shape index (κ3) is 5.80. The molecule has 7 heteroatoms. The number of carbonyl (C=O) groups excluding carboxylic acids is 2. The van der Waals surface area contributed by atoms with Crippen LogP contribution < -0.4 is 4.74 Å². The molecule has 3 rings (SSSR count). The van der Waals surface area contributed by atoms with Crippen LogP contribution in [0.1, 0.15) is 50.8 Å². The Morgan fingerprint density at radius 1 is 1.09 bits per heavy atom. The monoisotopic (exact) mass is 484 g/mol.